The summed E-state index contributed by atoms with van der Waals surface area (Å²) in [5.41, 5.74) is 2.07. The normalized spacial score (nSPS) is 17.1. The van der Waals surface area contributed by atoms with Crippen LogP contribution >= 0.6 is 0 Å². The zero-order chi connectivity index (χ0) is 19.2. The highest BCUT2D eigenvalue weighted by molar-refractivity contribution is 6.10. The lowest BCUT2D eigenvalue weighted by molar-refractivity contribution is -0.126. The number of amides is 3. The Labute approximate surface area is 158 Å². The van der Waals surface area contributed by atoms with E-state index in [-0.39, 0.29) is 30.2 Å². The first-order valence-electron chi connectivity index (χ1n) is 9.07. The second kappa shape index (κ2) is 8.49. The topological polar surface area (TPSA) is 87.3 Å². The fourth-order valence-electron chi connectivity index (χ4n) is 3.07. The fourth-order valence-corrected chi connectivity index (χ4v) is 3.07. The number of para-hydroxylation sites is 1. The van der Waals surface area contributed by atoms with Crippen LogP contribution in [0.1, 0.15) is 35.7 Å². The van der Waals surface area contributed by atoms with Gasteiger partial charge in [-0.05, 0) is 37.5 Å². The van der Waals surface area contributed by atoms with Crippen molar-refractivity contribution in [1.29, 1.82) is 0 Å². The van der Waals surface area contributed by atoms with Crippen molar-refractivity contribution in [2.24, 2.45) is 0 Å². The number of nitrogens with one attached hydrogen (secondary N) is 3. The Hall–Kier alpha value is -3.15. The number of carbonyl (C=O) groups excluding carboxylic acids is 3. The van der Waals surface area contributed by atoms with Crippen molar-refractivity contribution >= 4 is 23.4 Å². The van der Waals surface area contributed by atoms with Crippen LogP contribution in [-0.2, 0) is 16.0 Å². The van der Waals surface area contributed by atoms with Crippen LogP contribution < -0.4 is 16.0 Å². The molecule has 3 N–H and O–H groups in total. The molecule has 1 heterocycles. The zero-order valence-electron chi connectivity index (χ0n) is 15.2. The molecule has 2 aromatic carbocycles. The Kier molecular flexibility index (Phi) is 5.86. The molecule has 1 aliphatic rings. The Morgan fingerprint density at radius 2 is 1.78 bits per heavy atom. The largest absolute Gasteiger partial charge is 0.354 e. The SMILES string of the molecule is CC(CCc1ccccc1)NC(=O)C[C@@H]1NC(=O)c2ccccc2NC1=O. The Morgan fingerprint density at radius 1 is 1.07 bits per heavy atom. The zero-order valence-corrected chi connectivity index (χ0v) is 15.2. The van der Waals surface area contributed by atoms with E-state index in [4.69, 9.17) is 0 Å². The number of hydrogen-bond acceptors (Lipinski definition) is 3. The summed E-state index contributed by atoms with van der Waals surface area (Å²) in [6.07, 6.45) is 1.56. The maximum atomic E-state index is 12.3. The molecule has 2 atom stereocenters. The van der Waals surface area contributed by atoms with Gasteiger partial charge in [-0.15, -0.1) is 0 Å². The number of fused-ring (bicyclic) bond motifs is 1. The minimum absolute atomic E-state index is 0.0283. The van der Waals surface area contributed by atoms with Gasteiger partial charge in [0, 0.05) is 6.04 Å². The van der Waals surface area contributed by atoms with Gasteiger partial charge in [0.25, 0.3) is 5.91 Å². The van der Waals surface area contributed by atoms with Gasteiger partial charge in [0.2, 0.25) is 11.8 Å². The number of benzene rings is 2. The van der Waals surface area contributed by atoms with E-state index in [9.17, 15) is 14.4 Å². The molecule has 27 heavy (non-hydrogen) atoms. The molecule has 0 fully saturated rings. The van der Waals surface area contributed by atoms with Crippen LogP contribution in [0.15, 0.2) is 54.6 Å². The lowest BCUT2D eigenvalue weighted by Gasteiger charge is -2.17. The van der Waals surface area contributed by atoms with Gasteiger partial charge in [0.15, 0.2) is 0 Å². The third-order valence-electron chi connectivity index (χ3n) is 4.56. The summed E-state index contributed by atoms with van der Waals surface area (Å²) in [5.74, 6) is -1.01. The van der Waals surface area contributed by atoms with E-state index < -0.39 is 6.04 Å². The number of carbonyl (C=O) groups is 3. The molecular weight excluding hydrogens is 342 g/mol. The molecule has 1 aliphatic heterocycles. The molecule has 3 amide bonds. The first kappa shape index (κ1) is 18.6. The third-order valence-corrected chi connectivity index (χ3v) is 4.56. The molecule has 6 heteroatoms. The molecule has 1 unspecified atom stereocenters. The van der Waals surface area contributed by atoms with E-state index >= 15 is 0 Å². The minimum atomic E-state index is -0.897. The summed E-state index contributed by atoms with van der Waals surface area (Å²) in [7, 11) is 0. The first-order valence-corrected chi connectivity index (χ1v) is 9.07. The molecule has 0 aliphatic carbocycles. The van der Waals surface area contributed by atoms with Crippen molar-refractivity contribution in [2.45, 2.75) is 38.3 Å². The summed E-state index contributed by atoms with van der Waals surface area (Å²) < 4.78 is 0. The average Bonchev–Trinajstić information content (AvgIpc) is 2.77. The molecule has 6 nitrogen and oxygen atoms in total. The van der Waals surface area contributed by atoms with Gasteiger partial charge in [0.1, 0.15) is 6.04 Å². The van der Waals surface area contributed by atoms with Gasteiger partial charge in [-0.2, -0.15) is 0 Å². The van der Waals surface area contributed by atoms with Gasteiger partial charge in [-0.25, -0.2) is 0 Å². The monoisotopic (exact) mass is 365 g/mol. The van der Waals surface area contributed by atoms with Crippen molar-refractivity contribution in [3.63, 3.8) is 0 Å². The van der Waals surface area contributed by atoms with E-state index in [1.165, 1.54) is 5.56 Å². The number of hydrogen-bond donors (Lipinski definition) is 3. The highest BCUT2D eigenvalue weighted by atomic mass is 16.2. The van der Waals surface area contributed by atoms with Gasteiger partial charge >= 0.3 is 0 Å². The molecular formula is C21H23N3O3. The van der Waals surface area contributed by atoms with Crippen molar-refractivity contribution < 1.29 is 14.4 Å². The number of anilines is 1. The van der Waals surface area contributed by atoms with Crippen LogP contribution in [0.3, 0.4) is 0 Å². The molecule has 0 saturated heterocycles. The second-order valence-electron chi connectivity index (χ2n) is 6.76. The molecule has 0 bridgehead atoms. The van der Waals surface area contributed by atoms with E-state index in [1.807, 2.05) is 25.1 Å². The van der Waals surface area contributed by atoms with Crippen LogP contribution in [0.25, 0.3) is 0 Å². The van der Waals surface area contributed by atoms with Crippen LogP contribution in [-0.4, -0.2) is 29.8 Å². The highest BCUT2D eigenvalue weighted by Crippen LogP contribution is 2.18. The Balaban J connectivity index is 1.53. The quantitative estimate of drug-likeness (QED) is 0.734. The average molecular weight is 365 g/mol. The van der Waals surface area contributed by atoms with Gasteiger partial charge in [-0.1, -0.05) is 42.5 Å². The van der Waals surface area contributed by atoms with Crippen molar-refractivity contribution in [1.82, 2.24) is 10.6 Å². The van der Waals surface area contributed by atoms with Crippen LogP contribution in [0, 0.1) is 0 Å². The maximum Gasteiger partial charge on any atom is 0.254 e. The second-order valence-corrected chi connectivity index (χ2v) is 6.76. The van der Waals surface area contributed by atoms with Crippen molar-refractivity contribution in [3.05, 3.63) is 65.7 Å². The molecule has 0 radical (unpaired) electrons. The molecule has 3 rings (SSSR count). The fraction of sp³-hybridized carbons (Fsp3) is 0.286. The Morgan fingerprint density at radius 3 is 2.56 bits per heavy atom. The summed E-state index contributed by atoms with van der Waals surface area (Å²) in [5, 5.41) is 8.25. The molecule has 0 aromatic heterocycles. The molecule has 140 valence electrons. The minimum Gasteiger partial charge on any atom is -0.354 e. The van der Waals surface area contributed by atoms with Gasteiger partial charge < -0.3 is 16.0 Å². The van der Waals surface area contributed by atoms with E-state index in [1.54, 1.807) is 24.3 Å². The van der Waals surface area contributed by atoms with E-state index in [0.29, 0.717) is 11.3 Å². The molecule has 0 spiro atoms. The number of rotatable bonds is 6. The van der Waals surface area contributed by atoms with Crippen LogP contribution in [0.2, 0.25) is 0 Å². The maximum absolute atomic E-state index is 12.3. The summed E-state index contributed by atoms with van der Waals surface area (Å²) >= 11 is 0. The summed E-state index contributed by atoms with van der Waals surface area (Å²) in [4.78, 5) is 37.0. The molecule has 0 saturated carbocycles. The van der Waals surface area contributed by atoms with Gasteiger partial charge in [-0.3, -0.25) is 14.4 Å². The lowest BCUT2D eigenvalue weighted by Crippen LogP contribution is -2.45. The lowest BCUT2D eigenvalue weighted by atomic mass is 10.1. The summed E-state index contributed by atoms with van der Waals surface area (Å²) in [6, 6.07) is 15.9. The predicted molar refractivity (Wildman–Crippen MR) is 103 cm³/mol. The first-order chi connectivity index (χ1) is 13.0. The van der Waals surface area contributed by atoms with E-state index in [2.05, 4.69) is 28.1 Å². The number of aryl methyl sites for hydroxylation is 1. The summed E-state index contributed by atoms with van der Waals surface area (Å²) in [6.45, 7) is 1.93. The standard InChI is InChI=1S/C21H23N3O3/c1-14(11-12-15-7-3-2-4-8-15)22-19(25)13-18-21(27)23-17-10-6-5-9-16(17)20(26)24-18/h2-10,14,18H,11-13H2,1H3,(H,22,25)(H,23,27)(H,24,26)/t14?,18-/m0/s1. The van der Waals surface area contributed by atoms with Crippen molar-refractivity contribution in [3.8, 4) is 0 Å². The molecule has 2 aromatic rings. The van der Waals surface area contributed by atoms with Gasteiger partial charge in [0.05, 0.1) is 17.7 Å². The van der Waals surface area contributed by atoms with Crippen LogP contribution in [0.5, 0.6) is 0 Å². The highest BCUT2D eigenvalue weighted by Gasteiger charge is 2.29. The van der Waals surface area contributed by atoms with Crippen molar-refractivity contribution in [2.75, 3.05) is 5.32 Å². The van der Waals surface area contributed by atoms with Crippen LogP contribution in [0.4, 0.5) is 5.69 Å². The third kappa shape index (κ3) is 4.94. The predicted octanol–water partition coefficient (Wildman–Crippen LogP) is 2.26. The van der Waals surface area contributed by atoms with E-state index in [0.717, 1.165) is 12.8 Å². The Bertz CT molecular complexity index is 836. The smallest absolute Gasteiger partial charge is 0.254 e.